The van der Waals surface area contributed by atoms with E-state index in [1.54, 1.807) is 6.07 Å². The number of hydrogen-bond donors (Lipinski definition) is 1. The first-order chi connectivity index (χ1) is 8.09. The third-order valence-corrected chi connectivity index (χ3v) is 3.94. The highest BCUT2D eigenvalue weighted by molar-refractivity contribution is 7.99. The minimum Gasteiger partial charge on any atom is -0.378 e. The maximum absolute atomic E-state index is 10.6. The van der Waals surface area contributed by atoms with E-state index in [9.17, 15) is 10.1 Å². The van der Waals surface area contributed by atoms with Crippen LogP contribution in [0.1, 0.15) is 6.92 Å². The number of hydrogen-bond acceptors (Lipinski definition) is 6. The van der Waals surface area contributed by atoms with Crippen LogP contribution in [0.4, 0.5) is 17.3 Å². The van der Waals surface area contributed by atoms with E-state index in [1.807, 2.05) is 11.8 Å². The van der Waals surface area contributed by atoms with Gasteiger partial charge in [-0.3, -0.25) is 10.1 Å². The van der Waals surface area contributed by atoms with E-state index >= 15 is 0 Å². The third-order valence-electron chi connectivity index (χ3n) is 2.75. The Morgan fingerprint density at radius 3 is 3.00 bits per heavy atom. The van der Waals surface area contributed by atoms with Gasteiger partial charge >= 0.3 is 5.69 Å². The molecule has 7 heteroatoms. The number of nitro groups is 1. The molecule has 1 aromatic heterocycles. The Labute approximate surface area is 103 Å². The Kier molecular flexibility index (Phi) is 3.37. The van der Waals surface area contributed by atoms with Gasteiger partial charge in [-0.2, -0.15) is 11.8 Å². The van der Waals surface area contributed by atoms with Crippen molar-refractivity contribution in [1.29, 1.82) is 0 Å². The lowest BCUT2D eigenvalue weighted by molar-refractivity contribution is -0.384. The molecule has 1 aliphatic rings. The first kappa shape index (κ1) is 12.0. The Bertz CT molecular complexity index is 440. The molecule has 1 fully saturated rings. The fourth-order valence-corrected chi connectivity index (χ4v) is 2.85. The van der Waals surface area contributed by atoms with Crippen molar-refractivity contribution in [3.63, 3.8) is 0 Å². The van der Waals surface area contributed by atoms with Crippen LogP contribution in [0.3, 0.4) is 0 Å². The van der Waals surface area contributed by atoms with Crippen molar-refractivity contribution in [1.82, 2.24) is 4.98 Å². The first-order valence-electron chi connectivity index (χ1n) is 5.35. The summed E-state index contributed by atoms with van der Waals surface area (Å²) in [4.78, 5) is 16.4. The highest BCUT2D eigenvalue weighted by atomic mass is 32.2. The van der Waals surface area contributed by atoms with Crippen LogP contribution in [-0.2, 0) is 0 Å². The van der Waals surface area contributed by atoms with E-state index < -0.39 is 4.92 Å². The zero-order valence-electron chi connectivity index (χ0n) is 9.50. The fourth-order valence-electron chi connectivity index (χ4n) is 1.84. The molecule has 2 rings (SSSR count). The molecule has 0 radical (unpaired) electrons. The molecule has 6 nitrogen and oxygen atoms in total. The zero-order chi connectivity index (χ0) is 12.4. The van der Waals surface area contributed by atoms with Crippen LogP contribution in [-0.4, -0.2) is 34.0 Å². The molecule has 0 spiro atoms. The summed E-state index contributed by atoms with van der Waals surface area (Å²) in [7, 11) is 0. The number of aromatic nitrogens is 1. The number of pyridine rings is 1. The molecule has 0 amide bonds. The number of nitrogens with zero attached hydrogens (tertiary/aromatic N) is 3. The predicted octanol–water partition coefficient (Wildman–Crippen LogP) is 1.51. The quantitative estimate of drug-likeness (QED) is 0.636. The Morgan fingerprint density at radius 1 is 1.65 bits per heavy atom. The van der Waals surface area contributed by atoms with Crippen molar-refractivity contribution in [2.75, 3.05) is 28.7 Å². The summed E-state index contributed by atoms with van der Waals surface area (Å²) < 4.78 is 0. The van der Waals surface area contributed by atoms with Gasteiger partial charge in [-0.1, -0.05) is 0 Å². The molecule has 2 N–H and O–H groups in total. The molecule has 1 aromatic rings. The zero-order valence-corrected chi connectivity index (χ0v) is 10.3. The molecule has 92 valence electrons. The molecule has 17 heavy (non-hydrogen) atoms. The SMILES string of the molecule is CC1CSCCN1c1ccc([N+](=O)[O-])c(N)n1. The number of nitrogens with two attached hydrogens (primary N) is 1. The average Bonchev–Trinajstić information content (AvgIpc) is 2.29. The van der Waals surface area contributed by atoms with E-state index in [1.165, 1.54) is 6.07 Å². The van der Waals surface area contributed by atoms with Crippen LogP contribution in [0.2, 0.25) is 0 Å². The molecule has 0 aromatic carbocycles. The monoisotopic (exact) mass is 254 g/mol. The van der Waals surface area contributed by atoms with Gasteiger partial charge in [-0.05, 0) is 13.0 Å². The Hall–Kier alpha value is -1.50. The summed E-state index contributed by atoms with van der Waals surface area (Å²) in [5.74, 6) is 2.79. The van der Waals surface area contributed by atoms with Crippen LogP contribution in [0.5, 0.6) is 0 Å². The maximum Gasteiger partial charge on any atom is 0.311 e. The lowest BCUT2D eigenvalue weighted by Gasteiger charge is -2.34. The topological polar surface area (TPSA) is 85.3 Å². The van der Waals surface area contributed by atoms with Crippen LogP contribution < -0.4 is 10.6 Å². The molecule has 1 atom stereocenters. The molecular formula is C10H14N4O2S. The van der Waals surface area contributed by atoms with Gasteiger partial charge in [0, 0.05) is 30.2 Å². The smallest absolute Gasteiger partial charge is 0.311 e. The minimum absolute atomic E-state index is 0.0158. The number of thioether (sulfide) groups is 1. The molecular weight excluding hydrogens is 240 g/mol. The predicted molar refractivity (Wildman–Crippen MR) is 69.4 cm³/mol. The second-order valence-electron chi connectivity index (χ2n) is 3.95. The van der Waals surface area contributed by atoms with Crippen molar-refractivity contribution < 1.29 is 4.92 Å². The molecule has 0 aliphatic carbocycles. The molecule has 1 unspecified atom stereocenters. The van der Waals surface area contributed by atoms with Gasteiger partial charge in [0.1, 0.15) is 5.82 Å². The van der Waals surface area contributed by atoms with Crippen LogP contribution in [0, 0.1) is 10.1 Å². The normalized spacial score (nSPS) is 20.3. The largest absolute Gasteiger partial charge is 0.378 e. The molecule has 1 aliphatic heterocycles. The third kappa shape index (κ3) is 2.44. The molecule has 1 saturated heterocycles. The van der Waals surface area contributed by atoms with Gasteiger partial charge in [-0.25, -0.2) is 4.98 Å². The van der Waals surface area contributed by atoms with Crippen molar-refractivity contribution in [3.8, 4) is 0 Å². The molecule has 0 saturated carbocycles. The fraction of sp³-hybridized carbons (Fsp3) is 0.500. The number of nitrogen functional groups attached to an aromatic ring is 1. The average molecular weight is 254 g/mol. The summed E-state index contributed by atoms with van der Waals surface area (Å²) >= 11 is 1.90. The summed E-state index contributed by atoms with van der Waals surface area (Å²) in [6.07, 6.45) is 0. The van der Waals surface area contributed by atoms with Gasteiger partial charge in [0.15, 0.2) is 0 Å². The van der Waals surface area contributed by atoms with Crippen LogP contribution in [0.25, 0.3) is 0 Å². The van der Waals surface area contributed by atoms with Gasteiger partial charge in [-0.15, -0.1) is 0 Å². The Morgan fingerprint density at radius 2 is 2.41 bits per heavy atom. The summed E-state index contributed by atoms with van der Waals surface area (Å²) in [6, 6.07) is 3.47. The van der Waals surface area contributed by atoms with E-state index in [2.05, 4.69) is 16.8 Å². The van der Waals surface area contributed by atoms with E-state index in [0.717, 1.165) is 23.9 Å². The highest BCUT2D eigenvalue weighted by Crippen LogP contribution is 2.26. The standard InChI is InChI=1S/C10H14N4O2S/c1-7-6-17-5-4-13(7)9-3-2-8(14(15)16)10(11)12-9/h2-3,7H,4-6H2,1H3,(H2,11,12). The van der Waals surface area contributed by atoms with Crippen molar-refractivity contribution in [2.45, 2.75) is 13.0 Å². The molecule has 0 bridgehead atoms. The highest BCUT2D eigenvalue weighted by Gasteiger charge is 2.22. The second kappa shape index (κ2) is 4.79. The van der Waals surface area contributed by atoms with Gasteiger partial charge < -0.3 is 10.6 Å². The lowest BCUT2D eigenvalue weighted by Crippen LogP contribution is -2.40. The van der Waals surface area contributed by atoms with Gasteiger partial charge in [0.25, 0.3) is 0 Å². The van der Waals surface area contributed by atoms with Crippen molar-refractivity contribution >= 4 is 29.1 Å². The summed E-state index contributed by atoms with van der Waals surface area (Å²) in [5.41, 5.74) is 5.46. The van der Waals surface area contributed by atoms with E-state index in [-0.39, 0.29) is 11.5 Å². The van der Waals surface area contributed by atoms with Crippen molar-refractivity contribution in [2.24, 2.45) is 0 Å². The maximum atomic E-state index is 10.6. The first-order valence-corrected chi connectivity index (χ1v) is 6.50. The van der Waals surface area contributed by atoms with Crippen molar-refractivity contribution in [3.05, 3.63) is 22.2 Å². The van der Waals surface area contributed by atoms with E-state index in [0.29, 0.717) is 6.04 Å². The van der Waals surface area contributed by atoms with E-state index in [4.69, 9.17) is 5.73 Å². The van der Waals surface area contributed by atoms with Gasteiger partial charge in [0.05, 0.1) is 4.92 Å². The Balaban J connectivity index is 2.27. The van der Waals surface area contributed by atoms with Crippen LogP contribution in [0.15, 0.2) is 12.1 Å². The summed E-state index contributed by atoms with van der Waals surface area (Å²) in [5, 5.41) is 10.6. The molecule has 2 heterocycles. The number of rotatable bonds is 2. The number of anilines is 2. The lowest BCUT2D eigenvalue weighted by atomic mass is 10.3. The van der Waals surface area contributed by atoms with Gasteiger partial charge in [0.2, 0.25) is 5.82 Å². The second-order valence-corrected chi connectivity index (χ2v) is 5.10. The minimum atomic E-state index is -0.512. The van der Waals surface area contributed by atoms with Crippen LogP contribution >= 0.6 is 11.8 Å². The summed E-state index contributed by atoms with van der Waals surface area (Å²) in [6.45, 7) is 3.02.